The maximum Gasteiger partial charge on any atom is 0.223 e. The van der Waals surface area contributed by atoms with Gasteiger partial charge >= 0.3 is 0 Å². The number of carbonyl (C=O) groups excluding carboxylic acids is 1. The quantitative estimate of drug-likeness (QED) is 0.925. The predicted molar refractivity (Wildman–Crippen MR) is 83.0 cm³/mol. The molecule has 0 unspecified atom stereocenters. The number of likely N-dealkylation sites (tertiary alicyclic amines) is 1. The van der Waals surface area contributed by atoms with Gasteiger partial charge in [0.25, 0.3) is 0 Å². The lowest BCUT2D eigenvalue weighted by Crippen LogP contribution is -2.45. The van der Waals surface area contributed by atoms with Gasteiger partial charge in [0, 0.05) is 42.6 Å². The Balaban J connectivity index is 1.31. The molecule has 4 rings (SSSR count). The Morgan fingerprint density at radius 3 is 2.35 bits per heavy atom. The van der Waals surface area contributed by atoms with Crippen LogP contribution in [0.4, 0.5) is 8.78 Å². The topological polar surface area (TPSA) is 32.3 Å². The van der Waals surface area contributed by atoms with Crippen LogP contribution in [0.25, 0.3) is 0 Å². The van der Waals surface area contributed by atoms with Gasteiger partial charge in [-0.1, -0.05) is 6.07 Å². The molecule has 5 heteroatoms. The van der Waals surface area contributed by atoms with E-state index in [0.717, 1.165) is 32.0 Å². The molecule has 1 aromatic rings. The van der Waals surface area contributed by atoms with Crippen LogP contribution in [0.3, 0.4) is 0 Å². The van der Waals surface area contributed by atoms with Crippen LogP contribution in [0.5, 0.6) is 0 Å². The van der Waals surface area contributed by atoms with Crippen LogP contribution >= 0.6 is 0 Å². The number of carbonyl (C=O) groups is 1. The van der Waals surface area contributed by atoms with E-state index in [1.807, 2.05) is 0 Å². The number of hydrogen-bond acceptors (Lipinski definition) is 2. The highest BCUT2D eigenvalue weighted by Gasteiger charge is 2.47. The molecular weight excluding hydrogens is 298 g/mol. The van der Waals surface area contributed by atoms with Gasteiger partial charge in [0.05, 0.1) is 0 Å². The number of nitrogens with one attached hydrogen (secondary N) is 1. The van der Waals surface area contributed by atoms with Crippen LogP contribution in [-0.2, 0) is 4.79 Å². The van der Waals surface area contributed by atoms with Crippen LogP contribution in [0, 0.1) is 17.6 Å². The number of nitrogens with zero attached hydrogens (tertiary/aromatic N) is 1. The normalized spacial score (nSPS) is 28.6. The van der Waals surface area contributed by atoms with E-state index in [-0.39, 0.29) is 29.3 Å². The first-order valence-corrected chi connectivity index (χ1v) is 8.62. The highest BCUT2D eigenvalue weighted by atomic mass is 19.1. The van der Waals surface area contributed by atoms with Crippen LogP contribution in [0.2, 0.25) is 0 Å². The van der Waals surface area contributed by atoms with Crippen molar-refractivity contribution in [1.29, 1.82) is 0 Å². The first-order valence-electron chi connectivity index (χ1n) is 8.62. The summed E-state index contributed by atoms with van der Waals surface area (Å²) < 4.78 is 27.6. The Hall–Kier alpha value is -1.49. The molecule has 0 radical (unpaired) electrons. The molecule has 2 atom stereocenters. The molecule has 2 aliphatic carbocycles. The summed E-state index contributed by atoms with van der Waals surface area (Å²) in [6.07, 6.45) is 5.13. The van der Waals surface area contributed by atoms with Crippen molar-refractivity contribution < 1.29 is 13.6 Å². The summed E-state index contributed by atoms with van der Waals surface area (Å²) in [5, 5.41) is 3.09. The maximum absolute atomic E-state index is 13.8. The predicted octanol–water partition coefficient (Wildman–Crippen LogP) is 2.81. The van der Waals surface area contributed by atoms with Crippen molar-refractivity contribution in [2.45, 2.75) is 50.1 Å². The van der Waals surface area contributed by atoms with E-state index < -0.39 is 11.6 Å². The third kappa shape index (κ3) is 3.11. The molecule has 0 aromatic heterocycles. The van der Waals surface area contributed by atoms with Crippen molar-refractivity contribution >= 4 is 5.91 Å². The smallest absolute Gasteiger partial charge is 0.223 e. The Morgan fingerprint density at radius 2 is 1.74 bits per heavy atom. The highest BCUT2D eigenvalue weighted by molar-refractivity contribution is 5.83. The molecule has 1 heterocycles. The molecule has 0 spiro atoms. The number of hydrogen-bond donors (Lipinski definition) is 1. The first kappa shape index (κ1) is 15.1. The lowest BCUT2D eigenvalue weighted by atomic mass is 10.0. The summed E-state index contributed by atoms with van der Waals surface area (Å²) in [7, 11) is 0. The second-order valence-corrected chi connectivity index (χ2v) is 7.13. The van der Waals surface area contributed by atoms with Crippen molar-refractivity contribution in [1.82, 2.24) is 10.2 Å². The molecule has 1 aromatic carbocycles. The van der Waals surface area contributed by atoms with Gasteiger partial charge in [0.1, 0.15) is 11.6 Å². The second kappa shape index (κ2) is 5.86. The number of halogens is 2. The lowest BCUT2D eigenvalue weighted by Gasteiger charge is -2.32. The molecule has 1 saturated heterocycles. The average molecular weight is 320 g/mol. The van der Waals surface area contributed by atoms with E-state index in [0.29, 0.717) is 6.42 Å². The highest BCUT2D eigenvalue weighted by Crippen LogP contribution is 2.49. The zero-order chi connectivity index (χ0) is 16.0. The lowest BCUT2D eigenvalue weighted by molar-refractivity contribution is -0.123. The van der Waals surface area contributed by atoms with E-state index in [9.17, 15) is 13.6 Å². The van der Waals surface area contributed by atoms with Gasteiger partial charge in [-0.15, -0.1) is 0 Å². The van der Waals surface area contributed by atoms with Crippen LogP contribution in [0.1, 0.15) is 43.6 Å². The largest absolute Gasteiger partial charge is 0.353 e. The van der Waals surface area contributed by atoms with Gasteiger partial charge < -0.3 is 10.2 Å². The van der Waals surface area contributed by atoms with Crippen LogP contribution in [-0.4, -0.2) is 36.0 Å². The summed E-state index contributed by atoms with van der Waals surface area (Å²) in [4.78, 5) is 14.8. The summed E-state index contributed by atoms with van der Waals surface area (Å²) in [6, 6.07) is 4.88. The molecule has 1 N–H and O–H groups in total. The fraction of sp³-hybridized carbons (Fsp3) is 0.611. The molecule has 1 aliphatic heterocycles. The first-order chi connectivity index (χ1) is 11.1. The van der Waals surface area contributed by atoms with E-state index in [1.165, 1.54) is 31.0 Å². The van der Waals surface area contributed by atoms with Crippen LogP contribution < -0.4 is 5.32 Å². The Bertz CT molecular complexity index is 589. The van der Waals surface area contributed by atoms with E-state index in [4.69, 9.17) is 0 Å². The van der Waals surface area contributed by atoms with Gasteiger partial charge in [-0.3, -0.25) is 4.79 Å². The minimum absolute atomic E-state index is 0.0393. The molecule has 3 nitrogen and oxygen atoms in total. The number of rotatable bonds is 4. The second-order valence-electron chi connectivity index (χ2n) is 7.13. The van der Waals surface area contributed by atoms with E-state index in [2.05, 4.69) is 10.2 Å². The third-order valence-corrected chi connectivity index (χ3v) is 5.44. The molecule has 23 heavy (non-hydrogen) atoms. The maximum atomic E-state index is 13.8. The minimum Gasteiger partial charge on any atom is -0.353 e. The summed E-state index contributed by atoms with van der Waals surface area (Å²) in [5.74, 6) is -1.70. The van der Waals surface area contributed by atoms with E-state index >= 15 is 0 Å². The number of benzene rings is 1. The molecule has 2 saturated carbocycles. The van der Waals surface area contributed by atoms with Gasteiger partial charge in [-0.2, -0.15) is 0 Å². The molecule has 124 valence electrons. The van der Waals surface area contributed by atoms with Crippen molar-refractivity contribution in [3.63, 3.8) is 0 Å². The van der Waals surface area contributed by atoms with Crippen LogP contribution in [0.15, 0.2) is 18.2 Å². The average Bonchev–Trinajstić information content (AvgIpc) is 3.42. The zero-order valence-electron chi connectivity index (χ0n) is 13.1. The van der Waals surface area contributed by atoms with E-state index in [1.54, 1.807) is 0 Å². The molecular formula is C18H22F2N2O. The molecule has 1 amide bonds. The van der Waals surface area contributed by atoms with Crippen molar-refractivity contribution in [3.05, 3.63) is 35.4 Å². The monoisotopic (exact) mass is 320 g/mol. The SMILES string of the molecule is O=C(NC1CCN(C2CC2)CC1)[C@@H]1C[C@@H]1c1c(F)cccc1F. The summed E-state index contributed by atoms with van der Waals surface area (Å²) in [5.41, 5.74) is 0.0798. The minimum atomic E-state index is -0.539. The number of piperidine rings is 1. The Labute approximate surface area is 135 Å². The molecule has 3 fully saturated rings. The third-order valence-electron chi connectivity index (χ3n) is 5.44. The summed E-state index contributed by atoms with van der Waals surface area (Å²) >= 11 is 0. The van der Waals surface area contributed by atoms with Crippen molar-refractivity contribution in [2.24, 2.45) is 5.92 Å². The molecule has 3 aliphatic rings. The van der Waals surface area contributed by atoms with Crippen molar-refractivity contribution in [2.75, 3.05) is 13.1 Å². The number of amides is 1. The van der Waals surface area contributed by atoms with Gasteiger partial charge in [0.15, 0.2) is 0 Å². The van der Waals surface area contributed by atoms with Gasteiger partial charge in [-0.05, 0) is 44.2 Å². The zero-order valence-corrected chi connectivity index (χ0v) is 13.1. The van der Waals surface area contributed by atoms with Crippen molar-refractivity contribution in [3.8, 4) is 0 Å². The fourth-order valence-electron chi connectivity index (χ4n) is 3.83. The fourth-order valence-corrected chi connectivity index (χ4v) is 3.83. The Morgan fingerprint density at radius 1 is 1.09 bits per heavy atom. The molecule has 0 bridgehead atoms. The summed E-state index contributed by atoms with van der Waals surface area (Å²) in [6.45, 7) is 2.09. The standard InChI is InChI=1S/C18H22F2N2O/c19-15-2-1-3-16(20)17(15)13-10-14(13)18(23)21-11-6-8-22(9-7-11)12-4-5-12/h1-3,11-14H,4-10H2,(H,21,23)/t13-,14+/m0/s1. The van der Waals surface area contributed by atoms with Gasteiger partial charge in [-0.25, -0.2) is 8.78 Å². The Kier molecular flexibility index (Phi) is 3.84. The van der Waals surface area contributed by atoms with Gasteiger partial charge in [0.2, 0.25) is 5.91 Å².